The predicted molar refractivity (Wildman–Crippen MR) is 45.5 cm³/mol. The lowest BCUT2D eigenvalue weighted by Crippen LogP contribution is -2.24. The molecule has 0 aliphatic heterocycles. The second kappa shape index (κ2) is 2.75. The minimum Gasteiger partial charge on any atom is -0.469 e. The molecule has 0 heterocycles. The van der Waals surface area contributed by atoms with E-state index in [2.05, 4.69) is 6.92 Å². The van der Waals surface area contributed by atoms with E-state index in [-0.39, 0.29) is 11.9 Å². The van der Waals surface area contributed by atoms with Crippen LogP contribution in [0.5, 0.6) is 0 Å². The van der Waals surface area contributed by atoms with E-state index in [4.69, 9.17) is 4.74 Å². The topological polar surface area (TPSA) is 26.3 Å². The molecule has 0 aromatic heterocycles. The molecule has 12 heavy (non-hydrogen) atoms. The lowest BCUT2D eigenvalue weighted by Gasteiger charge is -2.23. The molecule has 0 aromatic rings. The molecule has 0 N–H and O–H groups in total. The smallest absolute Gasteiger partial charge is 0.308 e. The molecular weight excluding hydrogens is 152 g/mol. The van der Waals surface area contributed by atoms with Crippen molar-refractivity contribution < 1.29 is 9.53 Å². The van der Waals surface area contributed by atoms with E-state index in [0.717, 1.165) is 18.3 Å². The first-order valence-electron chi connectivity index (χ1n) is 4.80. The zero-order valence-corrected chi connectivity index (χ0v) is 7.75. The minimum absolute atomic E-state index is 0.0226. The van der Waals surface area contributed by atoms with E-state index in [1.807, 2.05) is 0 Å². The van der Waals surface area contributed by atoms with Crippen molar-refractivity contribution in [2.24, 2.45) is 23.7 Å². The zero-order chi connectivity index (χ0) is 8.72. The Balaban J connectivity index is 2.02. The second-order valence-electron chi connectivity index (χ2n) is 4.33. The van der Waals surface area contributed by atoms with Crippen LogP contribution in [-0.4, -0.2) is 13.1 Å². The molecular formula is C10H16O2. The van der Waals surface area contributed by atoms with Crippen LogP contribution in [-0.2, 0) is 9.53 Å². The fourth-order valence-electron chi connectivity index (χ4n) is 3.00. The first-order valence-corrected chi connectivity index (χ1v) is 4.80. The van der Waals surface area contributed by atoms with Gasteiger partial charge in [0, 0.05) is 0 Å². The Morgan fingerprint density at radius 1 is 1.25 bits per heavy atom. The highest BCUT2D eigenvalue weighted by molar-refractivity contribution is 5.73. The van der Waals surface area contributed by atoms with Gasteiger partial charge in [-0.2, -0.15) is 0 Å². The molecule has 4 atom stereocenters. The van der Waals surface area contributed by atoms with Gasteiger partial charge >= 0.3 is 5.97 Å². The van der Waals surface area contributed by atoms with E-state index < -0.39 is 0 Å². The number of carbonyl (C=O) groups excluding carboxylic acids is 1. The Kier molecular flexibility index (Phi) is 1.85. The van der Waals surface area contributed by atoms with Crippen LogP contribution in [0.2, 0.25) is 0 Å². The van der Waals surface area contributed by atoms with Crippen LogP contribution in [0.15, 0.2) is 0 Å². The van der Waals surface area contributed by atoms with Crippen LogP contribution in [0, 0.1) is 23.7 Å². The predicted octanol–water partition coefficient (Wildman–Crippen LogP) is 1.84. The highest BCUT2D eigenvalue weighted by Crippen LogP contribution is 2.51. The number of carbonyl (C=O) groups is 1. The van der Waals surface area contributed by atoms with Gasteiger partial charge in [0.2, 0.25) is 0 Å². The zero-order valence-electron chi connectivity index (χ0n) is 7.75. The van der Waals surface area contributed by atoms with Crippen LogP contribution in [0.4, 0.5) is 0 Å². The number of methoxy groups -OCH3 is 1. The highest BCUT2D eigenvalue weighted by Gasteiger charge is 2.47. The number of rotatable bonds is 1. The molecule has 0 radical (unpaired) electrons. The molecule has 0 aromatic carbocycles. The van der Waals surface area contributed by atoms with E-state index in [1.165, 1.54) is 20.0 Å². The summed E-state index contributed by atoms with van der Waals surface area (Å²) in [6.07, 6.45) is 3.59. The van der Waals surface area contributed by atoms with Gasteiger partial charge in [-0.1, -0.05) is 6.92 Å². The number of hydrogen-bond donors (Lipinski definition) is 0. The molecule has 2 rings (SSSR count). The number of hydrogen-bond acceptors (Lipinski definition) is 2. The van der Waals surface area contributed by atoms with Crippen LogP contribution in [0.25, 0.3) is 0 Å². The quantitative estimate of drug-likeness (QED) is 0.558. The Morgan fingerprint density at radius 2 is 2.00 bits per heavy atom. The highest BCUT2D eigenvalue weighted by atomic mass is 16.5. The van der Waals surface area contributed by atoms with Crippen LogP contribution in [0.1, 0.15) is 26.2 Å². The van der Waals surface area contributed by atoms with Gasteiger partial charge in [0.15, 0.2) is 0 Å². The maximum absolute atomic E-state index is 11.3. The van der Waals surface area contributed by atoms with Crippen molar-refractivity contribution in [1.29, 1.82) is 0 Å². The summed E-state index contributed by atoms with van der Waals surface area (Å²) in [6.45, 7) is 2.30. The molecule has 68 valence electrons. The summed E-state index contributed by atoms with van der Waals surface area (Å²) in [5.74, 6) is 2.54. The molecule has 2 saturated carbocycles. The summed E-state index contributed by atoms with van der Waals surface area (Å²) < 4.78 is 4.78. The maximum Gasteiger partial charge on any atom is 0.308 e. The fourth-order valence-corrected chi connectivity index (χ4v) is 3.00. The summed E-state index contributed by atoms with van der Waals surface area (Å²) in [4.78, 5) is 11.3. The molecule has 2 heteroatoms. The fraction of sp³-hybridized carbons (Fsp3) is 0.900. The van der Waals surface area contributed by atoms with Gasteiger partial charge in [-0.05, 0) is 37.0 Å². The molecule has 0 spiro atoms. The Labute approximate surface area is 73.3 Å². The summed E-state index contributed by atoms with van der Waals surface area (Å²) >= 11 is 0. The van der Waals surface area contributed by atoms with Crippen molar-refractivity contribution in [3.05, 3.63) is 0 Å². The van der Waals surface area contributed by atoms with Gasteiger partial charge < -0.3 is 4.74 Å². The standard InChI is InChI=1S/C10H16O2/c1-6-3-8-4-7(6)5-9(8)10(11)12-2/h6-9H,3-5H2,1-2H3. The summed E-state index contributed by atoms with van der Waals surface area (Å²) in [7, 11) is 1.50. The van der Waals surface area contributed by atoms with Crippen molar-refractivity contribution in [2.75, 3.05) is 7.11 Å². The molecule has 2 aliphatic rings. The van der Waals surface area contributed by atoms with Gasteiger partial charge in [-0.3, -0.25) is 4.79 Å². The Bertz CT molecular complexity index is 198. The van der Waals surface area contributed by atoms with Crippen molar-refractivity contribution in [3.8, 4) is 0 Å². The third kappa shape index (κ3) is 1.05. The Hall–Kier alpha value is -0.530. The van der Waals surface area contributed by atoms with E-state index in [1.54, 1.807) is 0 Å². The van der Waals surface area contributed by atoms with Crippen LogP contribution < -0.4 is 0 Å². The maximum atomic E-state index is 11.3. The normalized spacial score (nSPS) is 44.8. The number of fused-ring (bicyclic) bond motifs is 2. The summed E-state index contributed by atoms with van der Waals surface area (Å²) in [6, 6.07) is 0. The van der Waals surface area contributed by atoms with Gasteiger partial charge in [-0.25, -0.2) is 0 Å². The molecule has 4 unspecified atom stereocenters. The molecule has 2 fully saturated rings. The monoisotopic (exact) mass is 168 g/mol. The minimum atomic E-state index is 0.0226. The first kappa shape index (κ1) is 8.09. The SMILES string of the molecule is COC(=O)C1CC2CC1CC2C. The van der Waals surface area contributed by atoms with E-state index >= 15 is 0 Å². The van der Waals surface area contributed by atoms with Crippen molar-refractivity contribution in [3.63, 3.8) is 0 Å². The van der Waals surface area contributed by atoms with Gasteiger partial charge in [0.1, 0.15) is 0 Å². The molecule has 0 amide bonds. The second-order valence-corrected chi connectivity index (χ2v) is 4.33. The third-order valence-electron chi connectivity index (χ3n) is 3.71. The Morgan fingerprint density at radius 3 is 2.42 bits per heavy atom. The van der Waals surface area contributed by atoms with Crippen LogP contribution in [0.3, 0.4) is 0 Å². The van der Waals surface area contributed by atoms with E-state index in [9.17, 15) is 4.79 Å². The van der Waals surface area contributed by atoms with Crippen LogP contribution >= 0.6 is 0 Å². The molecule has 2 aliphatic carbocycles. The number of ether oxygens (including phenoxy) is 1. The average molecular weight is 168 g/mol. The third-order valence-corrected chi connectivity index (χ3v) is 3.71. The number of esters is 1. The summed E-state index contributed by atoms with van der Waals surface area (Å²) in [5, 5.41) is 0. The van der Waals surface area contributed by atoms with Gasteiger partial charge in [-0.15, -0.1) is 0 Å². The first-order chi connectivity index (χ1) is 5.72. The van der Waals surface area contributed by atoms with Gasteiger partial charge in [0.25, 0.3) is 0 Å². The van der Waals surface area contributed by atoms with Crippen molar-refractivity contribution >= 4 is 5.97 Å². The van der Waals surface area contributed by atoms with E-state index in [0.29, 0.717) is 5.92 Å². The van der Waals surface area contributed by atoms with Crippen molar-refractivity contribution in [2.45, 2.75) is 26.2 Å². The van der Waals surface area contributed by atoms with Crippen molar-refractivity contribution in [1.82, 2.24) is 0 Å². The molecule has 2 bridgehead atoms. The molecule has 0 saturated heterocycles. The molecule has 2 nitrogen and oxygen atoms in total. The largest absolute Gasteiger partial charge is 0.469 e. The lowest BCUT2D eigenvalue weighted by molar-refractivity contribution is -0.147. The summed E-state index contributed by atoms with van der Waals surface area (Å²) in [5.41, 5.74) is 0. The van der Waals surface area contributed by atoms with Gasteiger partial charge in [0.05, 0.1) is 13.0 Å². The average Bonchev–Trinajstić information content (AvgIpc) is 2.60. The lowest BCUT2D eigenvalue weighted by atomic mass is 9.83.